The largest absolute Gasteiger partial charge is 0.493 e. The minimum absolute atomic E-state index is 0.0489. The Morgan fingerprint density at radius 3 is 2.84 bits per heavy atom. The van der Waals surface area contributed by atoms with Crippen LogP contribution in [-0.2, 0) is 12.6 Å². The minimum Gasteiger partial charge on any atom is -0.493 e. The summed E-state index contributed by atoms with van der Waals surface area (Å²) in [7, 11) is 0. The molecule has 0 amide bonds. The van der Waals surface area contributed by atoms with Gasteiger partial charge in [0, 0.05) is 12.5 Å². The van der Waals surface area contributed by atoms with Gasteiger partial charge >= 0.3 is 6.18 Å². The molecule has 0 fully saturated rings. The lowest BCUT2D eigenvalue weighted by Gasteiger charge is -2.25. The third-order valence-corrected chi connectivity index (χ3v) is 4.04. The number of fused-ring (bicyclic) bond motifs is 2. The maximum Gasteiger partial charge on any atom is 0.453 e. The first kappa shape index (κ1) is 15.7. The molecule has 2 aromatic heterocycles. The number of anilines is 1. The molecule has 4 rings (SSSR count). The van der Waals surface area contributed by atoms with Gasteiger partial charge < -0.3 is 10.1 Å². The molecule has 1 aliphatic heterocycles. The average Bonchev–Trinajstić information content (AvgIpc) is 3.03. The Kier molecular flexibility index (Phi) is 3.70. The Balaban J connectivity index is 1.48. The number of aromatic nitrogens is 4. The summed E-state index contributed by atoms with van der Waals surface area (Å²) >= 11 is 0. The molecule has 0 radical (unpaired) electrons. The van der Waals surface area contributed by atoms with Crippen molar-refractivity contribution in [2.24, 2.45) is 5.92 Å². The van der Waals surface area contributed by atoms with Gasteiger partial charge in [0.05, 0.1) is 6.61 Å². The molecule has 0 bridgehead atoms. The van der Waals surface area contributed by atoms with Crippen molar-refractivity contribution < 1.29 is 17.9 Å². The van der Waals surface area contributed by atoms with E-state index in [1.807, 2.05) is 24.3 Å². The average molecular weight is 349 g/mol. The normalized spacial score (nSPS) is 17.2. The number of hydrogen-bond donors (Lipinski definition) is 1. The van der Waals surface area contributed by atoms with Crippen LogP contribution in [0.2, 0.25) is 0 Å². The van der Waals surface area contributed by atoms with Crippen molar-refractivity contribution in [3.05, 3.63) is 47.8 Å². The molecule has 6 nitrogen and oxygen atoms in total. The van der Waals surface area contributed by atoms with Gasteiger partial charge in [-0.15, -0.1) is 15.3 Å². The topological polar surface area (TPSA) is 64.3 Å². The molecule has 9 heteroatoms. The lowest BCUT2D eigenvalue weighted by molar-refractivity contribution is -0.146. The van der Waals surface area contributed by atoms with E-state index in [1.165, 1.54) is 6.07 Å². The summed E-state index contributed by atoms with van der Waals surface area (Å²) in [6.07, 6.45) is -3.77. The maximum atomic E-state index is 12.9. The second-order valence-electron chi connectivity index (χ2n) is 5.88. The van der Waals surface area contributed by atoms with E-state index >= 15 is 0 Å². The first-order valence-electron chi connectivity index (χ1n) is 7.75. The molecule has 1 aliphatic rings. The van der Waals surface area contributed by atoms with Crippen LogP contribution >= 0.6 is 0 Å². The van der Waals surface area contributed by atoms with E-state index in [9.17, 15) is 13.2 Å². The van der Waals surface area contributed by atoms with Crippen LogP contribution in [-0.4, -0.2) is 33.0 Å². The molecule has 1 atom stereocenters. The first-order valence-corrected chi connectivity index (χ1v) is 7.75. The summed E-state index contributed by atoms with van der Waals surface area (Å²) in [6, 6.07) is 10.9. The van der Waals surface area contributed by atoms with Crippen molar-refractivity contribution in [2.75, 3.05) is 18.5 Å². The Morgan fingerprint density at radius 2 is 2.00 bits per heavy atom. The molecular formula is C16H14F3N5O. The van der Waals surface area contributed by atoms with E-state index in [2.05, 4.69) is 20.6 Å². The second kappa shape index (κ2) is 5.91. The number of nitrogens with zero attached hydrogens (tertiary/aromatic N) is 4. The van der Waals surface area contributed by atoms with Crippen molar-refractivity contribution in [3.63, 3.8) is 0 Å². The van der Waals surface area contributed by atoms with E-state index < -0.39 is 12.0 Å². The highest BCUT2D eigenvalue weighted by molar-refractivity contribution is 5.44. The number of para-hydroxylation sites is 1. The Labute approximate surface area is 140 Å². The van der Waals surface area contributed by atoms with Crippen molar-refractivity contribution in [2.45, 2.75) is 12.6 Å². The van der Waals surface area contributed by atoms with Gasteiger partial charge in [-0.05, 0) is 30.2 Å². The molecule has 1 N–H and O–H groups in total. The predicted octanol–water partition coefficient (Wildman–Crippen LogP) is 2.81. The van der Waals surface area contributed by atoms with Crippen molar-refractivity contribution >= 4 is 11.5 Å². The van der Waals surface area contributed by atoms with Gasteiger partial charge in [0.1, 0.15) is 11.6 Å². The zero-order chi connectivity index (χ0) is 17.4. The van der Waals surface area contributed by atoms with E-state index in [0.717, 1.165) is 17.7 Å². The van der Waals surface area contributed by atoms with Gasteiger partial charge in [-0.1, -0.05) is 18.2 Å². The van der Waals surface area contributed by atoms with Crippen LogP contribution < -0.4 is 10.1 Å². The monoisotopic (exact) mass is 349 g/mol. The number of alkyl halides is 3. The third kappa shape index (κ3) is 3.09. The quantitative estimate of drug-likeness (QED) is 0.788. The Hall–Kier alpha value is -2.84. The SMILES string of the molecule is FC(F)(F)c1nnc2ccc(NC[C@@H]3COc4ccccc4C3)nn12. The highest BCUT2D eigenvalue weighted by atomic mass is 19.4. The number of rotatable bonds is 3. The van der Waals surface area contributed by atoms with Crippen LogP contribution in [0, 0.1) is 5.92 Å². The van der Waals surface area contributed by atoms with Gasteiger partial charge in [0.25, 0.3) is 5.82 Å². The summed E-state index contributed by atoms with van der Waals surface area (Å²) in [5.41, 5.74) is 1.18. The summed E-state index contributed by atoms with van der Waals surface area (Å²) in [5.74, 6) is 0.283. The lowest BCUT2D eigenvalue weighted by Crippen LogP contribution is -2.27. The number of ether oxygens (including phenoxy) is 1. The van der Waals surface area contributed by atoms with Crippen molar-refractivity contribution in [1.29, 1.82) is 0 Å². The van der Waals surface area contributed by atoms with E-state index in [4.69, 9.17) is 4.74 Å². The molecule has 3 aromatic rings. The number of nitrogens with one attached hydrogen (secondary N) is 1. The molecule has 25 heavy (non-hydrogen) atoms. The molecule has 1 aromatic carbocycles. The lowest BCUT2D eigenvalue weighted by atomic mass is 9.97. The van der Waals surface area contributed by atoms with Crippen LogP contribution in [0.3, 0.4) is 0 Å². The van der Waals surface area contributed by atoms with Crippen LogP contribution in [0.25, 0.3) is 5.65 Å². The van der Waals surface area contributed by atoms with E-state index in [0.29, 0.717) is 23.5 Å². The molecule has 0 unspecified atom stereocenters. The minimum atomic E-state index is -4.61. The van der Waals surface area contributed by atoms with Gasteiger partial charge in [-0.3, -0.25) is 0 Å². The molecule has 130 valence electrons. The van der Waals surface area contributed by atoms with Crippen molar-refractivity contribution in [1.82, 2.24) is 19.8 Å². The zero-order valence-corrected chi connectivity index (χ0v) is 13.0. The smallest absolute Gasteiger partial charge is 0.453 e. The van der Waals surface area contributed by atoms with Gasteiger partial charge in [-0.25, -0.2) is 0 Å². The summed E-state index contributed by atoms with van der Waals surface area (Å²) < 4.78 is 45.1. The fourth-order valence-corrected chi connectivity index (χ4v) is 2.83. The Bertz CT molecular complexity index is 908. The predicted molar refractivity (Wildman–Crippen MR) is 83.4 cm³/mol. The Morgan fingerprint density at radius 1 is 1.16 bits per heavy atom. The maximum absolute atomic E-state index is 12.9. The summed E-state index contributed by atoms with van der Waals surface area (Å²) in [5, 5.41) is 13.7. The van der Waals surface area contributed by atoms with Crippen LogP contribution in [0.1, 0.15) is 11.4 Å². The number of halogens is 3. The van der Waals surface area contributed by atoms with Crippen LogP contribution in [0.5, 0.6) is 5.75 Å². The molecular weight excluding hydrogens is 335 g/mol. The van der Waals surface area contributed by atoms with Crippen LogP contribution in [0.4, 0.5) is 19.0 Å². The number of benzene rings is 1. The highest BCUT2D eigenvalue weighted by Crippen LogP contribution is 2.28. The van der Waals surface area contributed by atoms with E-state index in [1.54, 1.807) is 6.07 Å². The fourth-order valence-electron chi connectivity index (χ4n) is 2.83. The van der Waals surface area contributed by atoms with Gasteiger partial charge in [0.15, 0.2) is 5.65 Å². The first-order chi connectivity index (χ1) is 12.0. The third-order valence-electron chi connectivity index (χ3n) is 4.04. The fraction of sp³-hybridized carbons (Fsp3) is 0.312. The standard InChI is InChI=1S/C16H14F3N5O/c17-16(18,19)15-22-21-14-6-5-13(23-24(14)15)20-8-10-7-11-3-1-2-4-12(11)25-9-10/h1-6,10H,7-9H2,(H,20,23)/t10-/m1/s1. The molecule has 0 saturated heterocycles. The highest BCUT2D eigenvalue weighted by Gasteiger charge is 2.37. The van der Waals surface area contributed by atoms with E-state index in [-0.39, 0.29) is 11.6 Å². The van der Waals surface area contributed by atoms with Gasteiger partial charge in [0.2, 0.25) is 0 Å². The molecule has 3 heterocycles. The van der Waals surface area contributed by atoms with Gasteiger partial charge in [-0.2, -0.15) is 17.7 Å². The van der Waals surface area contributed by atoms with Crippen molar-refractivity contribution in [3.8, 4) is 5.75 Å². The molecule has 0 saturated carbocycles. The molecule has 0 spiro atoms. The number of hydrogen-bond acceptors (Lipinski definition) is 5. The molecule has 0 aliphatic carbocycles. The summed E-state index contributed by atoms with van der Waals surface area (Å²) in [4.78, 5) is 0. The second-order valence-corrected chi connectivity index (χ2v) is 5.88. The van der Waals surface area contributed by atoms with Crippen LogP contribution in [0.15, 0.2) is 36.4 Å². The zero-order valence-electron chi connectivity index (χ0n) is 13.0. The summed E-state index contributed by atoms with van der Waals surface area (Å²) in [6.45, 7) is 1.09.